The van der Waals surface area contributed by atoms with Crippen LogP contribution in [0, 0.1) is 5.82 Å². The van der Waals surface area contributed by atoms with Crippen LogP contribution in [0.5, 0.6) is 0 Å². The van der Waals surface area contributed by atoms with Crippen LogP contribution in [0.3, 0.4) is 0 Å². The molecule has 21 heavy (non-hydrogen) atoms. The van der Waals surface area contributed by atoms with E-state index in [-0.39, 0.29) is 23.1 Å². The van der Waals surface area contributed by atoms with Crippen LogP contribution in [-0.2, 0) is 9.53 Å². The highest BCUT2D eigenvalue weighted by Gasteiger charge is 2.23. The van der Waals surface area contributed by atoms with Crippen molar-refractivity contribution in [2.24, 2.45) is 0 Å². The molecule has 1 aromatic heterocycles. The molecule has 1 unspecified atom stereocenters. The Balaban J connectivity index is 2.06. The highest BCUT2D eigenvalue weighted by molar-refractivity contribution is 7.99. The van der Waals surface area contributed by atoms with E-state index in [2.05, 4.69) is 4.98 Å². The first-order valence-electron chi connectivity index (χ1n) is 6.75. The average molecular weight is 310 g/mol. The lowest BCUT2D eigenvalue weighted by Gasteiger charge is -2.25. The van der Waals surface area contributed by atoms with Crippen molar-refractivity contribution in [3.63, 3.8) is 0 Å². The van der Waals surface area contributed by atoms with Crippen LogP contribution in [0.25, 0.3) is 11.0 Å². The second-order valence-electron chi connectivity index (χ2n) is 4.93. The summed E-state index contributed by atoms with van der Waals surface area (Å²) < 4.78 is 21.3. The Morgan fingerprint density at radius 1 is 1.57 bits per heavy atom. The van der Waals surface area contributed by atoms with E-state index >= 15 is 0 Å². The van der Waals surface area contributed by atoms with Crippen molar-refractivity contribution in [1.29, 1.82) is 0 Å². The summed E-state index contributed by atoms with van der Waals surface area (Å²) in [5, 5.41) is 9.38. The Morgan fingerprint density at radius 3 is 3.14 bits per heavy atom. The van der Waals surface area contributed by atoms with Gasteiger partial charge in [-0.25, -0.2) is 9.37 Å². The molecule has 2 aromatic rings. The zero-order chi connectivity index (χ0) is 14.8. The minimum absolute atomic E-state index is 0.0712. The van der Waals surface area contributed by atoms with Gasteiger partial charge in [0, 0.05) is 6.61 Å². The Hall–Kier alpha value is -1.60. The molecule has 0 bridgehead atoms. The molecule has 1 aromatic carbocycles. The van der Waals surface area contributed by atoms with Crippen LogP contribution >= 0.6 is 11.8 Å². The van der Waals surface area contributed by atoms with Gasteiger partial charge in [0.05, 0.1) is 23.9 Å². The molecule has 5 nitrogen and oxygen atoms in total. The van der Waals surface area contributed by atoms with E-state index in [0.29, 0.717) is 17.3 Å². The number of carboxylic acids is 1. The number of imidazole rings is 1. The summed E-state index contributed by atoms with van der Waals surface area (Å²) in [5.74, 6) is -1.41. The van der Waals surface area contributed by atoms with E-state index in [1.165, 1.54) is 6.07 Å². The number of hydrogen-bond acceptors (Lipinski definition) is 4. The number of aliphatic carboxylic acids is 1. The molecule has 1 aliphatic heterocycles. The fourth-order valence-corrected chi connectivity index (χ4v) is 3.36. The highest BCUT2D eigenvalue weighted by Crippen LogP contribution is 2.32. The van der Waals surface area contributed by atoms with E-state index in [1.54, 1.807) is 6.07 Å². The van der Waals surface area contributed by atoms with Crippen molar-refractivity contribution < 1.29 is 19.0 Å². The quantitative estimate of drug-likeness (QED) is 0.880. The van der Waals surface area contributed by atoms with Crippen LogP contribution in [0.2, 0.25) is 0 Å². The van der Waals surface area contributed by atoms with Gasteiger partial charge >= 0.3 is 5.97 Å². The SMILES string of the molecule is O=C(O)CSc1nc2c(F)cccc2n1C1CCCOC1. The first-order valence-corrected chi connectivity index (χ1v) is 7.74. The smallest absolute Gasteiger partial charge is 0.313 e. The van der Waals surface area contributed by atoms with Gasteiger partial charge in [0.1, 0.15) is 5.52 Å². The van der Waals surface area contributed by atoms with Crippen molar-refractivity contribution in [3.8, 4) is 0 Å². The monoisotopic (exact) mass is 310 g/mol. The molecule has 7 heteroatoms. The van der Waals surface area contributed by atoms with Crippen LogP contribution in [0.15, 0.2) is 23.4 Å². The van der Waals surface area contributed by atoms with Crippen molar-refractivity contribution in [3.05, 3.63) is 24.0 Å². The number of fused-ring (bicyclic) bond motifs is 1. The van der Waals surface area contributed by atoms with Gasteiger partial charge in [0.2, 0.25) is 0 Å². The van der Waals surface area contributed by atoms with E-state index in [1.807, 2.05) is 10.6 Å². The summed E-state index contributed by atoms with van der Waals surface area (Å²) in [7, 11) is 0. The number of rotatable bonds is 4. The normalized spacial score (nSPS) is 19.0. The number of para-hydroxylation sites is 1. The predicted octanol–water partition coefficient (Wildman–Crippen LogP) is 2.70. The average Bonchev–Trinajstić information content (AvgIpc) is 2.86. The van der Waals surface area contributed by atoms with Gasteiger partial charge in [-0.05, 0) is 25.0 Å². The zero-order valence-corrected chi connectivity index (χ0v) is 12.1. The van der Waals surface area contributed by atoms with Crippen LogP contribution in [0.4, 0.5) is 4.39 Å². The molecule has 1 aliphatic rings. The van der Waals surface area contributed by atoms with Gasteiger partial charge < -0.3 is 14.4 Å². The van der Waals surface area contributed by atoms with Crippen molar-refractivity contribution in [2.75, 3.05) is 19.0 Å². The molecule has 0 radical (unpaired) electrons. The number of thioether (sulfide) groups is 1. The van der Waals surface area contributed by atoms with E-state index in [0.717, 1.165) is 31.2 Å². The molecule has 1 atom stereocenters. The number of carbonyl (C=O) groups is 1. The third-order valence-electron chi connectivity index (χ3n) is 3.46. The molecule has 1 N–H and O–H groups in total. The largest absolute Gasteiger partial charge is 0.481 e. The summed E-state index contributed by atoms with van der Waals surface area (Å²) in [6.45, 7) is 1.28. The van der Waals surface area contributed by atoms with Crippen molar-refractivity contribution in [2.45, 2.75) is 24.0 Å². The van der Waals surface area contributed by atoms with Gasteiger partial charge in [-0.1, -0.05) is 17.8 Å². The maximum Gasteiger partial charge on any atom is 0.313 e. The minimum Gasteiger partial charge on any atom is -0.481 e. The summed E-state index contributed by atoms with van der Waals surface area (Å²) in [6.07, 6.45) is 1.85. The highest BCUT2D eigenvalue weighted by atomic mass is 32.2. The summed E-state index contributed by atoms with van der Waals surface area (Å²) in [5.41, 5.74) is 0.981. The third-order valence-corrected chi connectivity index (χ3v) is 4.40. The van der Waals surface area contributed by atoms with Crippen molar-refractivity contribution in [1.82, 2.24) is 9.55 Å². The molecular weight excluding hydrogens is 295 g/mol. The molecule has 1 fully saturated rings. The predicted molar refractivity (Wildman–Crippen MR) is 77.1 cm³/mol. The Bertz CT molecular complexity index is 668. The molecule has 1 saturated heterocycles. The third kappa shape index (κ3) is 2.89. The Morgan fingerprint density at radius 2 is 2.43 bits per heavy atom. The maximum absolute atomic E-state index is 13.9. The van der Waals surface area contributed by atoms with Crippen LogP contribution in [0.1, 0.15) is 18.9 Å². The number of ether oxygens (including phenoxy) is 1. The minimum atomic E-state index is -0.918. The summed E-state index contributed by atoms with van der Waals surface area (Å²) >= 11 is 1.11. The van der Waals surface area contributed by atoms with Gasteiger partial charge in [0.15, 0.2) is 11.0 Å². The first kappa shape index (κ1) is 14.3. The molecular formula is C14H15FN2O3S. The molecule has 0 saturated carbocycles. The number of nitrogens with zero attached hydrogens (tertiary/aromatic N) is 2. The van der Waals surface area contributed by atoms with E-state index in [4.69, 9.17) is 9.84 Å². The first-order chi connectivity index (χ1) is 10.2. The molecule has 0 amide bonds. The number of aromatic nitrogens is 2. The number of benzene rings is 1. The molecule has 2 heterocycles. The lowest BCUT2D eigenvalue weighted by Crippen LogP contribution is -2.22. The summed E-state index contributed by atoms with van der Waals surface area (Å²) in [4.78, 5) is 15.1. The van der Waals surface area contributed by atoms with Crippen molar-refractivity contribution >= 4 is 28.8 Å². The lowest BCUT2D eigenvalue weighted by atomic mass is 10.1. The Kier molecular flexibility index (Phi) is 4.12. The van der Waals surface area contributed by atoms with Crippen LogP contribution < -0.4 is 0 Å². The van der Waals surface area contributed by atoms with Gasteiger partial charge in [-0.3, -0.25) is 4.79 Å². The fourth-order valence-electron chi connectivity index (χ4n) is 2.57. The van der Waals surface area contributed by atoms with E-state index in [9.17, 15) is 9.18 Å². The van der Waals surface area contributed by atoms with Gasteiger partial charge in [-0.15, -0.1) is 0 Å². The Labute approximate surface area is 125 Å². The maximum atomic E-state index is 13.9. The molecule has 0 aliphatic carbocycles. The number of carboxylic acid groups (broad SMARTS) is 1. The van der Waals surface area contributed by atoms with Gasteiger partial charge in [-0.2, -0.15) is 0 Å². The summed E-state index contributed by atoms with van der Waals surface area (Å²) in [6, 6.07) is 4.89. The van der Waals surface area contributed by atoms with Gasteiger partial charge in [0.25, 0.3) is 0 Å². The number of halogens is 1. The lowest BCUT2D eigenvalue weighted by molar-refractivity contribution is -0.133. The topological polar surface area (TPSA) is 64.3 Å². The molecule has 0 spiro atoms. The molecule has 3 rings (SSSR count). The number of hydrogen-bond donors (Lipinski definition) is 1. The fraction of sp³-hybridized carbons (Fsp3) is 0.429. The molecule has 112 valence electrons. The van der Waals surface area contributed by atoms with Crippen LogP contribution in [-0.4, -0.2) is 39.6 Å². The van der Waals surface area contributed by atoms with E-state index < -0.39 is 5.97 Å². The zero-order valence-electron chi connectivity index (χ0n) is 11.3. The second-order valence-corrected chi connectivity index (χ2v) is 5.87. The second kappa shape index (κ2) is 6.03. The standard InChI is InChI=1S/C14H15FN2O3S/c15-10-4-1-5-11-13(10)16-14(21-8-12(18)19)17(11)9-3-2-6-20-7-9/h1,4-5,9H,2-3,6-8H2,(H,18,19).